The number of nitrogens with one attached hydrogen (secondary N) is 1. The van der Waals surface area contributed by atoms with Gasteiger partial charge >= 0.3 is 0 Å². The number of fused-ring (bicyclic) bond motifs is 1. The second-order valence-electron chi connectivity index (χ2n) is 8.33. The summed E-state index contributed by atoms with van der Waals surface area (Å²) in [6, 6.07) is 18.4. The topological polar surface area (TPSA) is 89.3 Å². The standard InChI is InChI=1S/C26H24BrN5O2/c1-17(30-20-6-4-3-5-7-20)19-12-21(14-28)32(15-19)25(33)16-31(2)26(34)18-8-9-24-22(13-18)23(27)10-11-29-24/h3-11,13,19,21,30H,1,12,15-16H2,2H3. The first kappa shape index (κ1) is 23.5. The molecule has 1 aliphatic rings. The van der Waals surface area contributed by atoms with Gasteiger partial charge in [-0.25, -0.2) is 0 Å². The highest BCUT2D eigenvalue weighted by atomic mass is 79.9. The summed E-state index contributed by atoms with van der Waals surface area (Å²) in [4.78, 5) is 33.3. The fourth-order valence-corrected chi connectivity index (χ4v) is 4.56. The first-order chi connectivity index (χ1) is 16.4. The predicted octanol–water partition coefficient (Wildman–Crippen LogP) is 4.44. The molecule has 0 aliphatic carbocycles. The summed E-state index contributed by atoms with van der Waals surface area (Å²) in [6.07, 6.45) is 2.20. The lowest BCUT2D eigenvalue weighted by molar-refractivity contribution is -0.131. The summed E-state index contributed by atoms with van der Waals surface area (Å²) >= 11 is 3.49. The Morgan fingerprint density at radius 1 is 1.26 bits per heavy atom. The number of aromatic nitrogens is 1. The molecule has 2 heterocycles. The van der Waals surface area contributed by atoms with Crippen molar-refractivity contribution >= 4 is 44.3 Å². The molecule has 2 aromatic carbocycles. The lowest BCUT2D eigenvalue weighted by Gasteiger charge is -2.24. The Morgan fingerprint density at radius 3 is 2.76 bits per heavy atom. The molecule has 0 bridgehead atoms. The van der Waals surface area contributed by atoms with Crippen LogP contribution in [-0.2, 0) is 4.79 Å². The number of halogens is 1. The Morgan fingerprint density at radius 2 is 2.03 bits per heavy atom. The number of hydrogen-bond acceptors (Lipinski definition) is 5. The van der Waals surface area contributed by atoms with Crippen molar-refractivity contribution in [3.63, 3.8) is 0 Å². The summed E-state index contributed by atoms with van der Waals surface area (Å²) in [5.41, 5.74) is 2.91. The van der Waals surface area contributed by atoms with E-state index in [9.17, 15) is 14.9 Å². The third-order valence-corrected chi connectivity index (χ3v) is 6.69. The van der Waals surface area contributed by atoms with E-state index >= 15 is 0 Å². The fourth-order valence-electron chi connectivity index (χ4n) is 4.13. The summed E-state index contributed by atoms with van der Waals surface area (Å²) < 4.78 is 0.843. The molecule has 2 amide bonds. The molecular formula is C26H24BrN5O2. The Hall–Kier alpha value is -3.70. The number of rotatable bonds is 6. The summed E-state index contributed by atoms with van der Waals surface area (Å²) in [5, 5.41) is 13.7. The maximum atomic E-state index is 13.1. The van der Waals surface area contributed by atoms with E-state index in [1.807, 2.05) is 36.4 Å². The zero-order valence-electron chi connectivity index (χ0n) is 18.7. The van der Waals surface area contributed by atoms with Crippen molar-refractivity contribution in [1.29, 1.82) is 5.26 Å². The Labute approximate surface area is 206 Å². The van der Waals surface area contributed by atoms with Crippen molar-refractivity contribution in [2.24, 2.45) is 5.92 Å². The molecule has 1 N–H and O–H groups in total. The highest BCUT2D eigenvalue weighted by Crippen LogP contribution is 2.29. The molecule has 2 unspecified atom stereocenters. The van der Waals surface area contributed by atoms with Crippen LogP contribution < -0.4 is 5.32 Å². The molecule has 1 saturated heterocycles. The minimum Gasteiger partial charge on any atom is -0.359 e. The van der Waals surface area contributed by atoms with E-state index in [2.05, 4.69) is 38.9 Å². The van der Waals surface area contributed by atoms with Gasteiger partial charge in [0, 0.05) is 52.5 Å². The Balaban J connectivity index is 1.42. The molecule has 1 fully saturated rings. The average Bonchev–Trinajstić information content (AvgIpc) is 3.29. The second-order valence-corrected chi connectivity index (χ2v) is 9.18. The van der Waals surface area contributed by atoms with Gasteiger partial charge in [0.25, 0.3) is 5.91 Å². The van der Waals surface area contributed by atoms with Crippen LogP contribution in [0.1, 0.15) is 16.8 Å². The van der Waals surface area contributed by atoms with Gasteiger partial charge in [-0.15, -0.1) is 0 Å². The maximum absolute atomic E-state index is 13.1. The Bertz CT molecular complexity index is 1290. The average molecular weight is 518 g/mol. The van der Waals surface area contributed by atoms with Crippen LogP contribution in [-0.4, -0.2) is 52.8 Å². The summed E-state index contributed by atoms with van der Waals surface area (Å²) in [7, 11) is 1.59. The molecule has 34 heavy (non-hydrogen) atoms. The first-order valence-electron chi connectivity index (χ1n) is 10.9. The fraction of sp³-hybridized carbons (Fsp3) is 0.231. The molecule has 7 nitrogen and oxygen atoms in total. The smallest absolute Gasteiger partial charge is 0.254 e. The molecule has 1 aromatic heterocycles. The number of likely N-dealkylation sites (N-methyl/N-ethyl adjacent to an activating group) is 1. The number of benzene rings is 2. The predicted molar refractivity (Wildman–Crippen MR) is 135 cm³/mol. The number of carbonyl (C=O) groups is 2. The van der Waals surface area contributed by atoms with Gasteiger partial charge < -0.3 is 15.1 Å². The van der Waals surface area contributed by atoms with Crippen molar-refractivity contribution in [2.75, 3.05) is 25.5 Å². The van der Waals surface area contributed by atoms with Gasteiger partial charge in [-0.3, -0.25) is 14.6 Å². The maximum Gasteiger partial charge on any atom is 0.254 e. The van der Waals surface area contributed by atoms with Crippen LogP contribution in [0.3, 0.4) is 0 Å². The van der Waals surface area contributed by atoms with Crippen LogP contribution in [0.5, 0.6) is 0 Å². The highest BCUT2D eigenvalue weighted by Gasteiger charge is 2.37. The van der Waals surface area contributed by atoms with Crippen molar-refractivity contribution in [3.05, 3.63) is 83.1 Å². The minimum absolute atomic E-state index is 0.0554. The van der Waals surface area contributed by atoms with Gasteiger partial charge in [0.05, 0.1) is 18.1 Å². The van der Waals surface area contributed by atoms with Gasteiger partial charge in [0.2, 0.25) is 5.91 Å². The molecule has 4 rings (SSSR count). The quantitative estimate of drug-likeness (QED) is 0.522. The van der Waals surface area contributed by atoms with Gasteiger partial charge in [0.1, 0.15) is 6.04 Å². The van der Waals surface area contributed by atoms with E-state index in [1.54, 1.807) is 36.3 Å². The van der Waals surface area contributed by atoms with E-state index in [0.29, 0.717) is 18.5 Å². The number of para-hydroxylation sites is 1. The molecule has 1 aliphatic heterocycles. The Kier molecular flexibility index (Phi) is 6.94. The number of hydrogen-bond donors (Lipinski definition) is 1. The molecule has 172 valence electrons. The number of nitriles is 1. The first-order valence-corrected chi connectivity index (χ1v) is 11.7. The number of nitrogens with zero attached hydrogens (tertiary/aromatic N) is 4. The molecule has 2 atom stereocenters. The van der Waals surface area contributed by atoms with Crippen molar-refractivity contribution in [1.82, 2.24) is 14.8 Å². The molecule has 8 heteroatoms. The number of amides is 2. The van der Waals surface area contributed by atoms with Gasteiger partial charge in [-0.2, -0.15) is 5.26 Å². The van der Waals surface area contributed by atoms with Crippen LogP contribution in [0.25, 0.3) is 10.9 Å². The van der Waals surface area contributed by atoms with E-state index in [4.69, 9.17) is 0 Å². The summed E-state index contributed by atoms with van der Waals surface area (Å²) in [5.74, 6) is -0.591. The van der Waals surface area contributed by atoms with Crippen molar-refractivity contribution in [3.8, 4) is 6.07 Å². The van der Waals surface area contributed by atoms with Crippen LogP contribution in [0.4, 0.5) is 5.69 Å². The zero-order chi connectivity index (χ0) is 24.2. The molecule has 0 saturated carbocycles. The number of anilines is 1. The minimum atomic E-state index is -0.557. The van der Waals surface area contributed by atoms with Gasteiger partial charge in [-0.05, 0) is 42.8 Å². The molecule has 0 radical (unpaired) electrons. The van der Waals surface area contributed by atoms with E-state index in [1.165, 1.54) is 4.90 Å². The third kappa shape index (κ3) is 4.95. The molecular weight excluding hydrogens is 494 g/mol. The second kappa shape index (κ2) is 10.1. The normalized spacial score (nSPS) is 17.3. The third-order valence-electron chi connectivity index (χ3n) is 6.00. The largest absolute Gasteiger partial charge is 0.359 e. The van der Waals surface area contributed by atoms with Gasteiger partial charge in [0.15, 0.2) is 0 Å². The lowest BCUT2D eigenvalue weighted by atomic mass is 10.0. The number of pyridine rings is 1. The summed E-state index contributed by atoms with van der Waals surface area (Å²) in [6.45, 7) is 4.39. The number of carbonyl (C=O) groups excluding carboxylic acids is 2. The lowest BCUT2D eigenvalue weighted by Crippen LogP contribution is -2.43. The van der Waals surface area contributed by atoms with Crippen LogP contribution in [0, 0.1) is 17.2 Å². The number of likely N-dealkylation sites (tertiary alicyclic amines) is 1. The highest BCUT2D eigenvalue weighted by molar-refractivity contribution is 9.10. The van der Waals surface area contributed by atoms with E-state index in [0.717, 1.165) is 26.8 Å². The SMILES string of the molecule is C=C(Nc1ccccc1)C1CC(C#N)N(C(=O)CN(C)C(=O)c2ccc3nccc(Br)c3c2)C1. The van der Waals surface area contributed by atoms with Crippen molar-refractivity contribution < 1.29 is 9.59 Å². The monoisotopic (exact) mass is 517 g/mol. The zero-order valence-corrected chi connectivity index (χ0v) is 20.3. The van der Waals surface area contributed by atoms with Gasteiger partial charge in [-0.1, -0.05) is 40.7 Å². The van der Waals surface area contributed by atoms with Crippen LogP contribution in [0.15, 0.2) is 77.5 Å². The van der Waals surface area contributed by atoms with E-state index < -0.39 is 6.04 Å². The molecule has 0 spiro atoms. The molecule has 3 aromatic rings. The van der Waals surface area contributed by atoms with Crippen LogP contribution >= 0.6 is 15.9 Å². The van der Waals surface area contributed by atoms with E-state index in [-0.39, 0.29) is 24.3 Å². The van der Waals surface area contributed by atoms with Crippen LogP contribution in [0.2, 0.25) is 0 Å². The van der Waals surface area contributed by atoms with Crippen molar-refractivity contribution in [2.45, 2.75) is 12.5 Å².